The Morgan fingerprint density at radius 2 is 1.12 bits per heavy atom. The minimum atomic E-state index is -0.955. The molecule has 0 saturated heterocycles. The van der Waals surface area contributed by atoms with Gasteiger partial charge in [-0.3, -0.25) is 0 Å². The van der Waals surface area contributed by atoms with E-state index >= 15 is 0 Å². The highest BCUT2D eigenvalue weighted by Crippen LogP contribution is 2.28. The van der Waals surface area contributed by atoms with Crippen LogP contribution in [0.15, 0.2) is 97.1 Å². The molecule has 0 spiro atoms. The highest BCUT2D eigenvalue weighted by Gasteiger charge is 2.19. The zero-order chi connectivity index (χ0) is 47.6. The molecule has 0 bridgehead atoms. The van der Waals surface area contributed by atoms with E-state index in [0.29, 0.717) is 52.4 Å². The average molecular weight is 940 g/mol. The molecule has 4 N–H and O–H groups in total. The number of carbonyl (C=O) groups excluding carboxylic acids is 2. The van der Waals surface area contributed by atoms with Crippen molar-refractivity contribution in [3.05, 3.63) is 153 Å². The first-order valence-electron chi connectivity index (χ1n) is 21.9. The zero-order valence-corrected chi connectivity index (χ0v) is 39.1. The summed E-state index contributed by atoms with van der Waals surface area (Å²) in [5, 5.41) is 25.2. The molecule has 0 unspecified atom stereocenters. The maximum absolute atomic E-state index is 11.8. The summed E-state index contributed by atoms with van der Waals surface area (Å²) >= 11 is 13.2. The highest BCUT2D eigenvalue weighted by molar-refractivity contribution is 6.30. The molecule has 2 aromatic heterocycles. The zero-order valence-electron chi connectivity index (χ0n) is 37.6. The molecule has 6 rings (SSSR count). The normalized spacial score (nSPS) is 10.8. The minimum absolute atomic E-state index is 0.183. The van der Waals surface area contributed by atoms with Crippen LogP contribution in [-0.4, -0.2) is 67.2 Å². The number of nitrogens with zero attached hydrogens (tertiary/aromatic N) is 4. The van der Waals surface area contributed by atoms with E-state index in [4.69, 9.17) is 32.9 Å². The Balaban J connectivity index is 0.000000248. The molecule has 2 heterocycles. The molecule has 348 valence electrons. The van der Waals surface area contributed by atoms with Crippen molar-refractivity contribution in [3.63, 3.8) is 0 Å². The first-order chi connectivity index (χ1) is 31.9. The summed E-state index contributed by atoms with van der Waals surface area (Å²) in [5.41, 5.74) is 6.79. The number of methoxy groups -OCH3 is 1. The number of imidazole rings is 2. The smallest absolute Gasteiger partial charge is 0.407 e. The third-order valence-electron chi connectivity index (χ3n) is 10.6. The van der Waals surface area contributed by atoms with E-state index in [1.54, 1.807) is 36.4 Å². The molecule has 0 aliphatic carbocycles. The van der Waals surface area contributed by atoms with Crippen molar-refractivity contribution in [1.82, 2.24) is 29.7 Å². The summed E-state index contributed by atoms with van der Waals surface area (Å²) in [6.45, 7) is 8.16. The number of rotatable bonds is 20. The molecule has 0 aliphatic heterocycles. The van der Waals surface area contributed by atoms with Gasteiger partial charge in [-0.15, -0.1) is 0 Å². The summed E-state index contributed by atoms with van der Waals surface area (Å²) < 4.78 is 13.6. The minimum Gasteiger partial charge on any atom is -0.478 e. The summed E-state index contributed by atoms with van der Waals surface area (Å²) in [5.74, 6) is -0.231. The Morgan fingerprint density at radius 3 is 1.64 bits per heavy atom. The van der Waals surface area contributed by atoms with Crippen LogP contribution in [0.1, 0.15) is 108 Å². The van der Waals surface area contributed by atoms with Crippen molar-refractivity contribution in [2.75, 3.05) is 13.7 Å². The summed E-state index contributed by atoms with van der Waals surface area (Å²) in [7, 11) is 1.31. The fraction of sp³-hybridized carbons (Fsp3) is 0.320. The standard InChI is InChI=1S/C26H30ClN3O4.C24H26ClN3O4/c1-3-5-14-30-23(29-22(24(30)27)17-28-26(33)34-15-4-2)16-18-10-12-19(13-11-18)20-8-6-7-9-21(20)25(31)32;1-3-4-9-21-27-20(14-26-24(31)32-2)22(25)28(21)15-16-10-12-17(13-11-16)18-7-5-6-8-19(18)23(29)30/h6-13H,3-5,14-17H2,1-2H3,(H,28,33)(H,31,32);5-8,10-13H,3-4,9,14-15H2,1-2H3,(H,26,31)(H,29,30). The van der Waals surface area contributed by atoms with Gasteiger partial charge in [-0.1, -0.05) is 142 Å². The molecular weight excluding hydrogens is 883 g/mol. The molecule has 2 amide bonds. The monoisotopic (exact) mass is 938 g/mol. The number of hydrogen-bond donors (Lipinski definition) is 4. The second kappa shape index (κ2) is 25.2. The number of halogens is 2. The van der Waals surface area contributed by atoms with Gasteiger partial charge in [0.05, 0.1) is 55.9 Å². The van der Waals surface area contributed by atoms with Crippen LogP contribution in [0.5, 0.6) is 0 Å². The lowest BCUT2D eigenvalue weighted by molar-refractivity contribution is 0.0687. The van der Waals surface area contributed by atoms with Crippen LogP contribution in [-0.2, 0) is 48.5 Å². The molecule has 16 heteroatoms. The molecular formula is C50H56Cl2N6O8. The van der Waals surface area contributed by atoms with Gasteiger partial charge in [0.25, 0.3) is 0 Å². The molecule has 4 aromatic carbocycles. The van der Waals surface area contributed by atoms with Gasteiger partial charge in [-0.25, -0.2) is 29.1 Å². The fourth-order valence-corrected chi connectivity index (χ4v) is 7.64. The fourth-order valence-electron chi connectivity index (χ4n) is 7.08. The Labute approximate surface area is 394 Å². The summed E-state index contributed by atoms with van der Waals surface area (Å²) in [4.78, 5) is 55.7. The molecule has 66 heavy (non-hydrogen) atoms. The largest absolute Gasteiger partial charge is 0.478 e. The van der Waals surface area contributed by atoms with Crippen molar-refractivity contribution in [2.45, 2.75) is 91.9 Å². The lowest BCUT2D eigenvalue weighted by Gasteiger charge is -2.11. The van der Waals surface area contributed by atoms with E-state index in [0.717, 1.165) is 79.0 Å². The summed E-state index contributed by atoms with van der Waals surface area (Å²) in [6.07, 6.45) is 5.04. The van der Waals surface area contributed by atoms with Crippen LogP contribution in [0, 0.1) is 0 Å². The van der Waals surface area contributed by atoms with Crippen LogP contribution >= 0.6 is 23.2 Å². The number of aryl methyl sites for hydroxylation is 1. The van der Waals surface area contributed by atoms with Gasteiger partial charge in [0, 0.05) is 19.4 Å². The van der Waals surface area contributed by atoms with Gasteiger partial charge in [0.2, 0.25) is 0 Å². The van der Waals surface area contributed by atoms with Crippen molar-refractivity contribution in [3.8, 4) is 22.3 Å². The Bertz CT molecular complexity index is 2570. The van der Waals surface area contributed by atoms with Crippen LogP contribution < -0.4 is 10.6 Å². The van der Waals surface area contributed by atoms with Gasteiger partial charge in [-0.05, 0) is 64.8 Å². The first-order valence-corrected chi connectivity index (χ1v) is 22.7. The number of nitrogens with one attached hydrogen (secondary N) is 2. The number of benzene rings is 4. The van der Waals surface area contributed by atoms with Crippen LogP contribution in [0.2, 0.25) is 10.3 Å². The Hall–Kier alpha value is -6.64. The van der Waals surface area contributed by atoms with Crippen LogP contribution in [0.25, 0.3) is 22.3 Å². The number of aromatic nitrogens is 4. The topological polar surface area (TPSA) is 187 Å². The number of alkyl carbamates (subject to hydrolysis) is 2. The molecule has 0 fully saturated rings. The average Bonchev–Trinajstić information content (AvgIpc) is 3.79. The van der Waals surface area contributed by atoms with Crippen molar-refractivity contribution in [2.24, 2.45) is 0 Å². The van der Waals surface area contributed by atoms with Gasteiger partial charge in [0.1, 0.15) is 22.0 Å². The SMILES string of the molecule is CCCCc1nc(CNC(=O)OC)c(Cl)n1Cc1ccc(-c2ccccc2C(=O)O)cc1.CCCCn1c(Cc2ccc(-c3ccccc3C(=O)O)cc2)nc(CNC(=O)OCCC)c1Cl. The van der Waals surface area contributed by atoms with Gasteiger partial charge in [-0.2, -0.15) is 0 Å². The predicted molar refractivity (Wildman–Crippen MR) is 255 cm³/mol. The number of ether oxygens (including phenoxy) is 2. The van der Waals surface area contributed by atoms with Crippen LogP contribution in [0.4, 0.5) is 9.59 Å². The number of carbonyl (C=O) groups is 4. The lowest BCUT2D eigenvalue weighted by Crippen LogP contribution is -2.24. The third kappa shape index (κ3) is 13.7. The number of amides is 2. The molecule has 14 nitrogen and oxygen atoms in total. The van der Waals surface area contributed by atoms with E-state index in [1.807, 2.05) is 76.7 Å². The van der Waals surface area contributed by atoms with Gasteiger partial charge < -0.3 is 39.5 Å². The third-order valence-corrected chi connectivity index (χ3v) is 11.4. The maximum atomic E-state index is 11.8. The van der Waals surface area contributed by atoms with E-state index < -0.39 is 24.1 Å². The molecule has 0 saturated carbocycles. The number of carboxylic acid groups (broad SMARTS) is 2. The van der Waals surface area contributed by atoms with E-state index in [9.17, 15) is 29.4 Å². The quantitative estimate of drug-likeness (QED) is 0.0574. The number of aromatic carboxylic acids is 2. The van der Waals surface area contributed by atoms with Crippen LogP contribution in [0.3, 0.4) is 0 Å². The first kappa shape index (κ1) is 50.4. The van der Waals surface area contributed by atoms with E-state index in [-0.39, 0.29) is 24.2 Å². The predicted octanol–water partition coefficient (Wildman–Crippen LogP) is 11.1. The van der Waals surface area contributed by atoms with E-state index in [2.05, 4.69) is 34.2 Å². The number of hydrogen-bond acceptors (Lipinski definition) is 8. The second-order valence-corrected chi connectivity index (χ2v) is 16.0. The van der Waals surface area contributed by atoms with Crippen molar-refractivity contribution < 1.29 is 38.9 Å². The number of carboxylic acids is 2. The maximum Gasteiger partial charge on any atom is 0.407 e. The number of unbranched alkanes of at least 4 members (excludes halogenated alkanes) is 2. The Kier molecular flexibility index (Phi) is 19.2. The molecule has 0 aliphatic rings. The van der Waals surface area contributed by atoms with Gasteiger partial charge in [0.15, 0.2) is 0 Å². The second-order valence-electron chi connectivity index (χ2n) is 15.3. The van der Waals surface area contributed by atoms with E-state index in [1.165, 1.54) is 7.11 Å². The highest BCUT2D eigenvalue weighted by atomic mass is 35.5. The molecule has 0 atom stereocenters. The Morgan fingerprint density at radius 1 is 0.621 bits per heavy atom. The molecule has 0 radical (unpaired) electrons. The van der Waals surface area contributed by atoms with Crippen molar-refractivity contribution >= 4 is 47.3 Å². The van der Waals surface area contributed by atoms with Crippen molar-refractivity contribution in [1.29, 1.82) is 0 Å². The lowest BCUT2D eigenvalue weighted by atomic mass is 9.98. The molecule has 6 aromatic rings. The summed E-state index contributed by atoms with van der Waals surface area (Å²) in [6, 6.07) is 29.4. The van der Waals surface area contributed by atoms with Gasteiger partial charge >= 0.3 is 24.1 Å².